The second-order valence-corrected chi connectivity index (χ2v) is 7.24. The van der Waals surface area contributed by atoms with Crippen LogP contribution in [0.3, 0.4) is 0 Å². The molecule has 0 spiro atoms. The second kappa shape index (κ2) is 8.56. The van der Waals surface area contributed by atoms with Gasteiger partial charge in [0.1, 0.15) is 11.0 Å². The van der Waals surface area contributed by atoms with Crippen LogP contribution in [0.5, 0.6) is 5.75 Å². The minimum atomic E-state index is -4.48. The number of nitrogens with zero attached hydrogens (tertiary/aromatic N) is 1. The van der Waals surface area contributed by atoms with Crippen molar-refractivity contribution in [2.45, 2.75) is 17.8 Å². The molecule has 2 N–H and O–H groups in total. The van der Waals surface area contributed by atoms with Crippen molar-refractivity contribution in [3.05, 3.63) is 54.1 Å². The van der Waals surface area contributed by atoms with E-state index < -0.39 is 22.9 Å². The highest BCUT2D eigenvalue weighted by Gasteiger charge is 2.33. The highest BCUT2D eigenvalue weighted by Crippen LogP contribution is 2.32. The number of alkyl halides is 3. The number of carbonyl (C=O) groups is 2. The van der Waals surface area contributed by atoms with Gasteiger partial charge in [-0.15, -0.1) is 0 Å². The average Bonchev–Trinajstić information content (AvgIpc) is 3.00. The molecule has 1 aliphatic heterocycles. The summed E-state index contributed by atoms with van der Waals surface area (Å²) in [6, 6.07) is 11.2. The zero-order valence-electron chi connectivity index (χ0n) is 15.1. The normalized spacial score (nSPS) is 17.9. The Hall–Kier alpha value is -3.01. The minimum Gasteiger partial charge on any atom is -0.497 e. The molecule has 0 saturated carbocycles. The van der Waals surface area contributed by atoms with Gasteiger partial charge in [0.05, 0.1) is 18.4 Å². The maximum atomic E-state index is 12.8. The van der Waals surface area contributed by atoms with Gasteiger partial charge in [0.25, 0.3) is 0 Å². The average molecular weight is 423 g/mol. The lowest BCUT2D eigenvalue weighted by Gasteiger charge is -2.08. The van der Waals surface area contributed by atoms with Gasteiger partial charge in [0, 0.05) is 18.2 Å². The number of anilines is 1. The van der Waals surface area contributed by atoms with Crippen molar-refractivity contribution in [2.75, 3.05) is 12.4 Å². The number of methoxy groups -OCH3 is 1. The van der Waals surface area contributed by atoms with Crippen molar-refractivity contribution in [1.82, 2.24) is 5.32 Å². The van der Waals surface area contributed by atoms with Gasteiger partial charge in [0.15, 0.2) is 5.17 Å². The Bertz CT molecular complexity index is 963. The number of ether oxygens (including phenoxy) is 1. The molecule has 2 aromatic rings. The molecule has 3 rings (SSSR count). The summed E-state index contributed by atoms with van der Waals surface area (Å²) in [5, 5.41) is 4.58. The monoisotopic (exact) mass is 423 g/mol. The van der Waals surface area contributed by atoms with Crippen LogP contribution in [0.1, 0.15) is 12.0 Å². The lowest BCUT2D eigenvalue weighted by atomic mass is 10.2. The second-order valence-electron chi connectivity index (χ2n) is 6.05. The molecule has 6 nitrogen and oxygen atoms in total. The molecule has 1 atom stereocenters. The van der Waals surface area contributed by atoms with Crippen molar-refractivity contribution in [2.24, 2.45) is 4.99 Å². The molecule has 0 aliphatic carbocycles. The van der Waals surface area contributed by atoms with E-state index in [0.29, 0.717) is 11.4 Å². The Morgan fingerprint density at radius 1 is 1.24 bits per heavy atom. The largest absolute Gasteiger partial charge is 0.497 e. The molecular weight excluding hydrogens is 407 g/mol. The molecule has 1 saturated heterocycles. The SMILES string of the molecule is COc1cccc(NC(=O)CC2SC(=Nc3cccc(C(F)(F)F)c3)NC2=O)c1. The molecule has 0 bridgehead atoms. The van der Waals surface area contributed by atoms with Gasteiger partial charge in [0.2, 0.25) is 11.8 Å². The number of carbonyl (C=O) groups excluding carboxylic acids is 2. The summed E-state index contributed by atoms with van der Waals surface area (Å²) in [4.78, 5) is 28.4. The highest BCUT2D eigenvalue weighted by molar-refractivity contribution is 8.15. The Labute approximate surface area is 168 Å². The van der Waals surface area contributed by atoms with Crippen LogP contribution < -0.4 is 15.4 Å². The van der Waals surface area contributed by atoms with E-state index in [2.05, 4.69) is 15.6 Å². The molecular formula is C19H16F3N3O3S. The number of hydrogen-bond donors (Lipinski definition) is 2. The molecule has 1 aliphatic rings. The van der Waals surface area contributed by atoms with Crippen molar-refractivity contribution < 1.29 is 27.5 Å². The Morgan fingerprint density at radius 2 is 2.00 bits per heavy atom. The molecule has 1 heterocycles. The van der Waals surface area contributed by atoms with Crippen LogP contribution in [0.25, 0.3) is 0 Å². The predicted octanol–water partition coefficient (Wildman–Crippen LogP) is 3.96. The zero-order valence-corrected chi connectivity index (χ0v) is 15.9. The van der Waals surface area contributed by atoms with Crippen molar-refractivity contribution in [3.8, 4) is 5.75 Å². The van der Waals surface area contributed by atoms with E-state index in [0.717, 1.165) is 23.9 Å². The number of halogens is 3. The fraction of sp³-hybridized carbons (Fsp3) is 0.211. The summed E-state index contributed by atoms with van der Waals surface area (Å²) in [5.41, 5.74) is -0.248. The summed E-state index contributed by atoms with van der Waals surface area (Å²) in [6.07, 6.45) is -4.60. The quantitative estimate of drug-likeness (QED) is 0.763. The lowest BCUT2D eigenvalue weighted by Crippen LogP contribution is -2.28. The van der Waals surface area contributed by atoms with Gasteiger partial charge in [-0.3, -0.25) is 9.59 Å². The van der Waals surface area contributed by atoms with Crippen LogP contribution in [0.4, 0.5) is 24.5 Å². The zero-order chi connectivity index (χ0) is 21.0. The smallest absolute Gasteiger partial charge is 0.416 e. The first-order valence-corrected chi connectivity index (χ1v) is 9.30. The molecule has 10 heteroatoms. The van der Waals surface area contributed by atoms with Crippen molar-refractivity contribution >= 4 is 40.1 Å². The summed E-state index contributed by atoms with van der Waals surface area (Å²) >= 11 is 0.996. The first-order valence-electron chi connectivity index (χ1n) is 8.42. The van der Waals surface area contributed by atoms with Gasteiger partial charge in [-0.05, 0) is 30.3 Å². The highest BCUT2D eigenvalue weighted by atomic mass is 32.2. The molecule has 1 fully saturated rings. The molecule has 0 aromatic heterocycles. The van der Waals surface area contributed by atoms with Crippen LogP contribution in [-0.2, 0) is 15.8 Å². The number of rotatable bonds is 5. The summed E-state index contributed by atoms with van der Waals surface area (Å²) in [7, 11) is 1.51. The molecule has 1 unspecified atom stereocenters. The summed E-state index contributed by atoms with van der Waals surface area (Å²) in [6.45, 7) is 0. The van der Waals surface area contributed by atoms with Gasteiger partial charge < -0.3 is 15.4 Å². The van der Waals surface area contributed by atoms with E-state index in [4.69, 9.17) is 4.74 Å². The third-order valence-electron chi connectivity index (χ3n) is 3.90. The van der Waals surface area contributed by atoms with E-state index in [1.807, 2.05) is 0 Å². The lowest BCUT2D eigenvalue weighted by molar-refractivity contribution is -0.137. The first kappa shape index (κ1) is 20.7. The van der Waals surface area contributed by atoms with Gasteiger partial charge in [-0.1, -0.05) is 23.9 Å². The maximum absolute atomic E-state index is 12.8. The van der Waals surface area contributed by atoms with E-state index in [1.54, 1.807) is 24.3 Å². The molecule has 0 radical (unpaired) electrons. The van der Waals surface area contributed by atoms with Crippen LogP contribution >= 0.6 is 11.8 Å². The fourth-order valence-corrected chi connectivity index (χ4v) is 3.53. The van der Waals surface area contributed by atoms with Crippen molar-refractivity contribution in [3.63, 3.8) is 0 Å². The van der Waals surface area contributed by atoms with Crippen LogP contribution in [0, 0.1) is 0 Å². The molecule has 152 valence electrons. The number of thioether (sulfide) groups is 1. The van der Waals surface area contributed by atoms with E-state index >= 15 is 0 Å². The van der Waals surface area contributed by atoms with Crippen LogP contribution in [-0.4, -0.2) is 29.3 Å². The topological polar surface area (TPSA) is 79.8 Å². The van der Waals surface area contributed by atoms with E-state index in [1.165, 1.54) is 19.2 Å². The van der Waals surface area contributed by atoms with Crippen LogP contribution in [0.15, 0.2) is 53.5 Å². The van der Waals surface area contributed by atoms with E-state index in [9.17, 15) is 22.8 Å². The number of nitrogens with one attached hydrogen (secondary N) is 2. The number of amidine groups is 1. The predicted molar refractivity (Wildman–Crippen MR) is 104 cm³/mol. The standard InChI is InChI=1S/C19H16F3N3O3S/c1-28-14-7-3-6-13(9-14)23-16(26)10-15-17(27)25-18(29-15)24-12-5-2-4-11(8-12)19(20,21)22/h2-9,15H,10H2,1H3,(H,23,26)(H,24,25,27). The first-order chi connectivity index (χ1) is 13.7. The molecule has 29 heavy (non-hydrogen) atoms. The third kappa shape index (κ3) is 5.50. The number of benzene rings is 2. The molecule has 2 amide bonds. The fourth-order valence-electron chi connectivity index (χ4n) is 2.54. The van der Waals surface area contributed by atoms with Crippen molar-refractivity contribution in [1.29, 1.82) is 0 Å². The van der Waals surface area contributed by atoms with E-state index in [-0.39, 0.29) is 23.2 Å². The van der Waals surface area contributed by atoms with Gasteiger partial charge in [-0.25, -0.2) is 4.99 Å². The maximum Gasteiger partial charge on any atom is 0.416 e. The summed E-state index contributed by atoms with van der Waals surface area (Å²) < 4.78 is 43.5. The number of aliphatic imine (C=N–C) groups is 1. The van der Waals surface area contributed by atoms with Gasteiger partial charge >= 0.3 is 6.18 Å². The number of hydrogen-bond acceptors (Lipinski definition) is 5. The van der Waals surface area contributed by atoms with Gasteiger partial charge in [-0.2, -0.15) is 13.2 Å². The Balaban J connectivity index is 1.64. The minimum absolute atomic E-state index is 0.0594. The summed E-state index contributed by atoms with van der Waals surface area (Å²) in [5.74, 6) is -0.237. The number of amides is 2. The molecule has 2 aromatic carbocycles. The Kier molecular flexibility index (Phi) is 6.12. The van der Waals surface area contributed by atoms with Crippen LogP contribution in [0.2, 0.25) is 0 Å². The Morgan fingerprint density at radius 3 is 2.72 bits per heavy atom. The third-order valence-corrected chi connectivity index (χ3v) is 4.99.